The molecule has 0 N–H and O–H groups in total. The van der Waals surface area contributed by atoms with Crippen molar-refractivity contribution in [3.8, 4) is 0 Å². The number of aromatic nitrogens is 2. The molecular weight excluding hydrogens is 332 g/mol. The van der Waals surface area contributed by atoms with E-state index in [0.29, 0.717) is 18.3 Å². The van der Waals surface area contributed by atoms with Crippen LogP contribution in [0.4, 0.5) is 0 Å². The summed E-state index contributed by atoms with van der Waals surface area (Å²) >= 11 is 6.06. The Kier molecular flexibility index (Phi) is 6.25. The largest absolute Gasteiger partial charge is 0.369 e. The molecule has 7 nitrogen and oxygen atoms in total. The summed E-state index contributed by atoms with van der Waals surface area (Å²) in [6.07, 6.45) is 1.58. The molecule has 2 rings (SSSR count). The van der Waals surface area contributed by atoms with Gasteiger partial charge in [-0.2, -0.15) is 0 Å². The second kappa shape index (κ2) is 7.82. The van der Waals surface area contributed by atoms with Gasteiger partial charge in [0.15, 0.2) is 0 Å². The van der Waals surface area contributed by atoms with Crippen LogP contribution in [0.25, 0.3) is 0 Å². The number of halogens is 1. The molecule has 0 spiro atoms. The maximum atomic E-state index is 11.6. The molecule has 1 aliphatic heterocycles. The maximum Gasteiger partial charge on any atom is 0.248 e. The fraction of sp³-hybridized carbons (Fsp3) is 0.750. The van der Waals surface area contributed by atoms with E-state index in [9.17, 15) is 4.79 Å². The van der Waals surface area contributed by atoms with Crippen molar-refractivity contribution in [1.29, 1.82) is 0 Å². The first-order valence-corrected chi connectivity index (χ1v) is 8.40. The summed E-state index contributed by atoms with van der Waals surface area (Å²) in [6.45, 7) is 6.80. The van der Waals surface area contributed by atoms with E-state index in [-0.39, 0.29) is 24.2 Å². The Balaban J connectivity index is 1.91. The molecule has 1 aromatic heterocycles. The number of ether oxygens (including phenoxy) is 2. The van der Waals surface area contributed by atoms with Gasteiger partial charge in [-0.3, -0.25) is 9.69 Å². The van der Waals surface area contributed by atoms with Crippen LogP contribution in [0.5, 0.6) is 0 Å². The molecule has 24 heavy (non-hydrogen) atoms. The molecule has 1 fully saturated rings. The number of rotatable bonds is 6. The van der Waals surface area contributed by atoms with Gasteiger partial charge in [-0.05, 0) is 13.8 Å². The minimum absolute atomic E-state index is 0.0513. The van der Waals surface area contributed by atoms with Crippen molar-refractivity contribution >= 4 is 17.5 Å². The summed E-state index contributed by atoms with van der Waals surface area (Å²) in [5, 5.41) is 0.625. The van der Waals surface area contributed by atoms with E-state index >= 15 is 0 Å². The van der Waals surface area contributed by atoms with Gasteiger partial charge in [0.25, 0.3) is 0 Å². The lowest BCUT2D eigenvalue weighted by atomic mass is 10.1. The van der Waals surface area contributed by atoms with Gasteiger partial charge in [0.2, 0.25) is 5.91 Å². The highest BCUT2D eigenvalue weighted by atomic mass is 35.5. The quantitative estimate of drug-likeness (QED) is 0.763. The van der Waals surface area contributed by atoms with E-state index in [0.717, 1.165) is 18.9 Å². The number of nitrogens with zero attached hydrogens (tertiary/aromatic N) is 4. The van der Waals surface area contributed by atoms with Crippen molar-refractivity contribution in [3.05, 3.63) is 17.2 Å². The molecular formula is C16H27ClN4O3. The van der Waals surface area contributed by atoms with Crippen LogP contribution in [0.1, 0.15) is 19.7 Å². The van der Waals surface area contributed by atoms with E-state index in [4.69, 9.17) is 21.1 Å². The molecule has 0 radical (unpaired) electrons. The molecule has 1 atom stereocenters. The molecule has 1 saturated heterocycles. The van der Waals surface area contributed by atoms with Gasteiger partial charge in [0.05, 0.1) is 31.1 Å². The van der Waals surface area contributed by atoms with Crippen molar-refractivity contribution < 1.29 is 14.3 Å². The third-order valence-electron chi connectivity index (χ3n) is 3.97. The molecule has 1 unspecified atom stereocenters. The second-order valence-corrected chi connectivity index (χ2v) is 7.42. The Morgan fingerprint density at radius 2 is 2.25 bits per heavy atom. The van der Waals surface area contributed by atoms with Gasteiger partial charge >= 0.3 is 0 Å². The molecule has 1 amide bonds. The van der Waals surface area contributed by atoms with Crippen LogP contribution in [-0.2, 0) is 27.9 Å². The smallest absolute Gasteiger partial charge is 0.248 e. The van der Waals surface area contributed by atoms with Crippen LogP contribution in [0.3, 0.4) is 0 Å². The summed E-state index contributed by atoms with van der Waals surface area (Å²) in [4.78, 5) is 19.7. The maximum absolute atomic E-state index is 11.6. The lowest BCUT2D eigenvalue weighted by molar-refractivity contribution is -0.161. The third-order valence-corrected chi connectivity index (χ3v) is 4.32. The molecule has 8 heteroatoms. The monoisotopic (exact) mass is 358 g/mol. The minimum atomic E-state index is -0.285. The number of likely N-dealkylation sites (N-methyl/N-ethyl adjacent to an activating group) is 1. The molecule has 1 aliphatic rings. The van der Waals surface area contributed by atoms with Crippen molar-refractivity contribution in [2.24, 2.45) is 7.05 Å². The zero-order chi connectivity index (χ0) is 17.9. The van der Waals surface area contributed by atoms with E-state index < -0.39 is 0 Å². The van der Waals surface area contributed by atoms with Crippen LogP contribution in [-0.4, -0.2) is 77.4 Å². The Bertz CT molecular complexity index is 574. The van der Waals surface area contributed by atoms with E-state index in [1.165, 1.54) is 4.90 Å². The molecule has 1 aromatic rings. The fourth-order valence-electron chi connectivity index (χ4n) is 2.80. The van der Waals surface area contributed by atoms with Crippen LogP contribution >= 0.6 is 11.6 Å². The number of morpholine rings is 1. The minimum Gasteiger partial charge on any atom is -0.369 e. The van der Waals surface area contributed by atoms with Gasteiger partial charge in [-0.15, -0.1) is 0 Å². The summed E-state index contributed by atoms with van der Waals surface area (Å²) in [7, 11) is 5.33. The lowest BCUT2D eigenvalue weighted by Gasteiger charge is -2.42. The van der Waals surface area contributed by atoms with Gasteiger partial charge in [0, 0.05) is 34.2 Å². The van der Waals surface area contributed by atoms with Crippen molar-refractivity contribution in [1.82, 2.24) is 19.4 Å². The van der Waals surface area contributed by atoms with E-state index in [1.54, 1.807) is 20.3 Å². The first kappa shape index (κ1) is 19.2. The molecule has 0 bridgehead atoms. The average molecular weight is 359 g/mol. The Morgan fingerprint density at radius 3 is 2.83 bits per heavy atom. The third kappa shape index (κ3) is 5.17. The highest BCUT2D eigenvalue weighted by molar-refractivity contribution is 6.29. The Hall–Kier alpha value is -1.15. The number of hydrogen-bond donors (Lipinski definition) is 0. The fourth-order valence-corrected chi connectivity index (χ4v) is 2.95. The molecule has 136 valence electrons. The molecule has 0 saturated carbocycles. The first-order valence-electron chi connectivity index (χ1n) is 8.02. The Morgan fingerprint density at radius 1 is 1.54 bits per heavy atom. The molecule has 0 aromatic carbocycles. The predicted molar refractivity (Wildman–Crippen MR) is 92.0 cm³/mol. The SMILES string of the molecule is CN(C)C(=O)COCC1CN(Cc2ncc(Cl)n2C)CC(C)(C)O1. The standard InChI is InChI=1S/C16H27ClN4O3/c1-16(2)11-21(8-14-18-6-13(17)20(14)5)7-12(24-16)9-23-10-15(22)19(3)4/h6,12H,7-11H2,1-5H3. The van der Waals surface area contributed by atoms with Gasteiger partial charge in [-0.1, -0.05) is 11.6 Å². The highest BCUT2D eigenvalue weighted by Gasteiger charge is 2.34. The number of amides is 1. The van der Waals surface area contributed by atoms with Crippen LogP contribution in [0.2, 0.25) is 5.15 Å². The normalized spacial score (nSPS) is 21.0. The number of carbonyl (C=O) groups is 1. The van der Waals surface area contributed by atoms with E-state index in [1.807, 2.05) is 11.6 Å². The average Bonchev–Trinajstić information content (AvgIpc) is 2.77. The molecule has 0 aliphatic carbocycles. The van der Waals surface area contributed by atoms with Crippen molar-refractivity contribution in [2.45, 2.75) is 32.1 Å². The number of carbonyl (C=O) groups excluding carboxylic acids is 1. The van der Waals surface area contributed by atoms with Gasteiger partial charge in [0.1, 0.15) is 17.6 Å². The summed E-state index contributed by atoms with van der Waals surface area (Å²) < 4.78 is 13.5. The number of imidazole rings is 1. The zero-order valence-corrected chi connectivity index (χ0v) is 15.8. The van der Waals surface area contributed by atoms with Crippen LogP contribution < -0.4 is 0 Å². The second-order valence-electron chi connectivity index (χ2n) is 7.03. The van der Waals surface area contributed by atoms with Gasteiger partial charge in [-0.25, -0.2) is 4.98 Å². The summed E-state index contributed by atoms with van der Waals surface area (Å²) in [5.41, 5.74) is -0.285. The number of hydrogen-bond acceptors (Lipinski definition) is 5. The molecule has 2 heterocycles. The van der Waals surface area contributed by atoms with Crippen LogP contribution in [0, 0.1) is 0 Å². The zero-order valence-electron chi connectivity index (χ0n) is 15.1. The van der Waals surface area contributed by atoms with Crippen molar-refractivity contribution in [2.75, 3.05) is 40.4 Å². The van der Waals surface area contributed by atoms with Gasteiger partial charge < -0.3 is 18.9 Å². The summed E-state index contributed by atoms with van der Waals surface area (Å²) in [5.74, 6) is 0.865. The first-order chi connectivity index (χ1) is 11.2. The van der Waals surface area contributed by atoms with E-state index in [2.05, 4.69) is 23.7 Å². The highest BCUT2D eigenvalue weighted by Crippen LogP contribution is 2.23. The van der Waals surface area contributed by atoms with Crippen molar-refractivity contribution in [3.63, 3.8) is 0 Å². The Labute approximate surface area is 148 Å². The van der Waals surface area contributed by atoms with Crippen LogP contribution in [0.15, 0.2) is 6.20 Å². The summed E-state index contributed by atoms with van der Waals surface area (Å²) in [6, 6.07) is 0. The lowest BCUT2D eigenvalue weighted by Crippen LogP contribution is -2.53. The predicted octanol–water partition coefficient (Wildman–Crippen LogP) is 1.16. The topological polar surface area (TPSA) is 59.8 Å².